The highest BCUT2D eigenvalue weighted by Gasteiger charge is 2.16. The Bertz CT molecular complexity index is 862. The van der Waals surface area contributed by atoms with Crippen molar-refractivity contribution in [3.8, 4) is 0 Å². The molecule has 2 rings (SSSR count). The molecule has 0 bridgehead atoms. The van der Waals surface area contributed by atoms with E-state index in [1.54, 1.807) is 31.4 Å². The molecule has 0 spiro atoms. The molecule has 0 saturated heterocycles. The Labute approximate surface area is 161 Å². The van der Waals surface area contributed by atoms with Crippen LogP contribution in [0.25, 0.3) is 0 Å². The van der Waals surface area contributed by atoms with Crippen LogP contribution >= 0.6 is 0 Å². The van der Waals surface area contributed by atoms with Gasteiger partial charge in [-0.15, -0.1) is 0 Å². The number of hydrogen-bond donors (Lipinski definition) is 2. The SMILES string of the molecule is COCCCNC(=O)c1cccc(S(=O)(=O)Nc2ccc(C(C)C)cc2)c1. The molecule has 0 fully saturated rings. The molecule has 2 aromatic carbocycles. The molecule has 146 valence electrons. The lowest BCUT2D eigenvalue weighted by Gasteiger charge is -2.11. The Morgan fingerprint density at radius 1 is 1.11 bits per heavy atom. The molecule has 1 amide bonds. The number of ether oxygens (including phenoxy) is 1. The number of methoxy groups -OCH3 is 1. The first-order valence-corrected chi connectivity index (χ1v) is 10.3. The van der Waals surface area contributed by atoms with Crippen molar-refractivity contribution < 1.29 is 17.9 Å². The number of rotatable bonds is 9. The summed E-state index contributed by atoms with van der Waals surface area (Å²) in [4.78, 5) is 12.2. The summed E-state index contributed by atoms with van der Waals surface area (Å²) in [6.45, 7) is 5.16. The number of amides is 1. The number of carbonyl (C=O) groups is 1. The maximum absolute atomic E-state index is 12.6. The summed E-state index contributed by atoms with van der Waals surface area (Å²) in [5, 5.41) is 2.74. The lowest BCUT2D eigenvalue weighted by molar-refractivity contribution is 0.0948. The Morgan fingerprint density at radius 3 is 2.44 bits per heavy atom. The Kier molecular flexibility index (Phi) is 7.38. The second-order valence-electron chi connectivity index (χ2n) is 6.51. The van der Waals surface area contributed by atoms with Gasteiger partial charge in [-0.05, 0) is 48.2 Å². The molecule has 0 heterocycles. The average Bonchev–Trinajstić information content (AvgIpc) is 2.65. The van der Waals surface area contributed by atoms with E-state index >= 15 is 0 Å². The van der Waals surface area contributed by atoms with Gasteiger partial charge in [-0.25, -0.2) is 8.42 Å². The quantitative estimate of drug-likeness (QED) is 0.643. The maximum atomic E-state index is 12.6. The van der Waals surface area contributed by atoms with Gasteiger partial charge in [0, 0.05) is 31.5 Å². The number of hydrogen-bond acceptors (Lipinski definition) is 4. The topological polar surface area (TPSA) is 84.5 Å². The second kappa shape index (κ2) is 9.53. The van der Waals surface area contributed by atoms with Crippen molar-refractivity contribution in [2.75, 3.05) is 25.0 Å². The molecule has 0 aromatic heterocycles. The van der Waals surface area contributed by atoms with Crippen LogP contribution in [0, 0.1) is 0 Å². The third kappa shape index (κ3) is 6.08. The molecule has 0 atom stereocenters. The first-order valence-electron chi connectivity index (χ1n) is 8.83. The van der Waals surface area contributed by atoms with Crippen molar-refractivity contribution >= 4 is 21.6 Å². The van der Waals surface area contributed by atoms with Crippen molar-refractivity contribution in [2.24, 2.45) is 0 Å². The number of sulfonamides is 1. The highest BCUT2D eigenvalue weighted by Crippen LogP contribution is 2.20. The molecule has 0 aliphatic heterocycles. The monoisotopic (exact) mass is 390 g/mol. The zero-order valence-corrected chi connectivity index (χ0v) is 16.7. The van der Waals surface area contributed by atoms with Gasteiger partial charge in [0.25, 0.3) is 15.9 Å². The minimum Gasteiger partial charge on any atom is -0.385 e. The molecule has 2 N–H and O–H groups in total. The summed E-state index contributed by atoms with van der Waals surface area (Å²) in [5.74, 6) is 0.0548. The van der Waals surface area contributed by atoms with Gasteiger partial charge < -0.3 is 10.1 Å². The smallest absolute Gasteiger partial charge is 0.261 e. The number of carbonyl (C=O) groups excluding carboxylic acids is 1. The number of nitrogens with one attached hydrogen (secondary N) is 2. The van der Waals surface area contributed by atoms with Gasteiger partial charge in [0.05, 0.1) is 4.90 Å². The average molecular weight is 391 g/mol. The fraction of sp³-hybridized carbons (Fsp3) is 0.350. The third-order valence-corrected chi connectivity index (χ3v) is 5.43. The normalized spacial score (nSPS) is 11.4. The van der Waals surface area contributed by atoms with E-state index in [9.17, 15) is 13.2 Å². The lowest BCUT2D eigenvalue weighted by Crippen LogP contribution is -2.25. The Hall–Kier alpha value is -2.38. The van der Waals surface area contributed by atoms with Gasteiger partial charge in [0.2, 0.25) is 0 Å². The first-order chi connectivity index (χ1) is 12.8. The fourth-order valence-corrected chi connectivity index (χ4v) is 3.58. The largest absolute Gasteiger partial charge is 0.385 e. The van der Waals surface area contributed by atoms with Crippen LogP contribution in [0.3, 0.4) is 0 Å². The van der Waals surface area contributed by atoms with E-state index in [4.69, 9.17) is 4.74 Å². The summed E-state index contributed by atoms with van der Waals surface area (Å²) in [6.07, 6.45) is 0.689. The molecule has 0 aliphatic carbocycles. The van der Waals surface area contributed by atoms with Gasteiger partial charge in [0.1, 0.15) is 0 Å². The predicted octanol–water partition coefficient (Wildman–Crippen LogP) is 3.38. The minimum absolute atomic E-state index is 0.0416. The van der Waals surface area contributed by atoms with Crippen LogP contribution < -0.4 is 10.0 Å². The predicted molar refractivity (Wildman–Crippen MR) is 107 cm³/mol. The Morgan fingerprint density at radius 2 is 1.81 bits per heavy atom. The summed E-state index contributed by atoms with van der Waals surface area (Å²) < 4.78 is 32.8. The van der Waals surface area contributed by atoms with E-state index < -0.39 is 10.0 Å². The molecule has 27 heavy (non-hydrogen) atoms. The third-order valence-electron chi connectivity index (χ3n) is 4.05. The zero-order valence-electron chi connectivity index (χ0n) is 15.9. The van der Waals surface area contributed by atoms with E-state index in [1.807, 2.05) is 12.1 Å². The van der Waals surface area contributed by atoms with Crippen LogP contribution in [-0.4, -0.2) is 34.6 Å². The molecule has 6 nitrogen and oxygen atoms in total. The maximum Gasteiger partial charge on any atom is 0.261 e. The summed E-state index contributed by atoms with van der Waals surface area (Å²) >= 11 is 0. The summed E-state index contributed by atoms with van der Waals surface area (Å²) in [5.41, 5.74) is 1.91. The molecule has 0 aliphatic rings. The molecular formula is C20H26N2O4S. The van der Waals surface area contributed by atoms with Gasteiger partial charge in [0.15, 0.2) is 0 Å². The fourth-order valence-electron chi connectivity index (χ4n) is 2.48. The van der Waals surface area contributed by atoms with Crippen LogP contribution in [0.2, 0.25) is 0 Å². The molecule has 2 aromatic rings. The summed E-state index contributed by atoms with van der Waals surface area (Å²) in [6, 6.07) is 13.2. The lowest BCUT2D eigenvalue weighted by atomic mass is 10.0. The first kappa shape index (κ1) is 20.9. The Balaban J connectivity index is 2.10. The van der Waals surface area contributed by atoms with Crippen molar-refractivity contribution in [1.82, 2.24) is 5.32 Å². The van der Waals surface area contributed by atoms with Crippen LogP contribution in [0.5, 0.6) is 0 Å². The minimum atomic E-state index is -3.78. The molecule has 7 heteroatoms. The van der Waals surface area contributed by atoms with E-state index in [0.29, 0.717) is 36.7 Å². The van der Waals surface area contributed by atoms with Crippen molar-refractivity contribution in [3.05, 3.63) is 59.7 Å². The van der Waals surface area contributed by atoms with Gasteiger partial charge in [-0.1, -0.05) is 32.0 Å². The molecule has 0 saturated carbocycles. The van der Waals surface area contributed by atoms with E-state index in [2.05, 4.69) is 23.9 Å². The van der Waals surface area contributed by atoms with E-state index in [1.165, 1.54) is 12.1 Å². The van der Waals surface area contributed by atoms with Crippen molar-refractivity contribution in [1.29, 1.82) is 0 Å². The van der Waals surface area contributed by atoms with Crippen LogP contribution in [-0.2, 0) is 14.8 Å². The van der Waals surface area contributed by atoms with Crippen LogP contribution in [0.15, 0.2) is 53.4 Å². The summed E-state index contributed by atoms with van der Waals surface area (Å²) in [7, 11) is -2.18. The molecule has 0 radical (unpaired) electrons. The standard InChI is InChI=1S/C20H26N2O4S/c1-15(2)16-8-10-18(11-9-16)22-27(24,25)19-7-4-6-17(14-19)20(23)21-12-5-13-26-3/h4,6-11,14-15,22H,5,12-13H2,1-3H3,(H,21,23). The van der Waals surface area contributed by atoms with E-state index in [-0.39, 0.29) is 10.8 Å². The highest BCUT2D eigenvalue weighted by atomic mass is 32.2. The number of anilines is 1. The zero-order chi connectivity index (χ0) is 19.9. The van der Waals surface area contributed by atoms with Crippen molar-refractivity contribution in [2.45, 2.75) is 31.1 Å². The van der Waals surface area contributed by atoms with Crippen LogP contribution in [0.1, 0.15) is 42.1 Å². The molecule has 0 unspecified atom stereocenters. The van der Waals surface area contributed by atoms with Crippen LogP contribution in [0.4, 0.5) is 5.69 Å². The second-order valence-corrected chi connectivity index (χ2v) is 8.19. The van der Waals surface area contributed by atoms with Gasteiger partial charge in [-0.2, -0.15) is 0 Å². The highest BCUT2D eigenvalue weighted by molar-refractivity contribution is 7.92. The van der Waals surface area contributed by atoms with Crippen molar-refractivity contribution in [3.63, 3.8) is 0 Å². The molecular weight excluding hydrogens is 364 g/mol. The van der Waals surface area contributed by atoms with Gasteiger partial charge in [-0.3, -0.25) is 9.52 Å². The van der Waals surface area contributed by atoms with E-state index in [0.717, 1.165) is 5.56 Å². The number of benzene rings is 2. The van der Waals surface area contributed by atoms with Gasteiger partial charge >= 0.3 is 0 Å².